The van der Waals surface area contributed by atoms with E-state index in [9.17, 15) is 18.0 Å². The zero-order chi connectivity index (χ0) is 17.4. The average molecular weight is 329 g/mol. The minimum absolute atomic E-state index is 0.107. The Hall–Kier alpha value is -2.09. The number of halogens is 3. The maximum absolute atomic E-state index is 13.1. The fraction of sp³-hybridized carbons (Fsp3) is 0.467. The van der Waals surface area contributed by atoms with E-state index in [0.29, 0.717) is 5.52 Å². The molecular weight excluding hydrogens is 311 g/mol. The molecule has 1 unspecified atom stereocenters. The van der Waals surface area contributed by atoms with E-state index >= 15 is 0 Å². The molecule has 1 aromatic heterocycles. The smallest absolute Gasteiger partial charge is 0.394 e. The standard InChI is InChI=1S/C15H18F3N3O2/c1-8(2)21-12-5-4-10(13(23)19-9(3)7-22)6-11(12)20-14(21)15(16,17)18/h4-6,8-9,22H,7H2,1-3H3,(H,19,23). The van der Waals surface area contributed by atoms with Crippen LogP contribution >= 0.6 is 0 Å². The molecule has 2 rings (SSSR count). The van der Waals surface area contributed by atoms with Gasteiger partial charge in [-0.25, -0.2) is 4.98 Å². The third kappa shape index (κ3) is 3.47. The fourth-order valence-corrected chi connectivity index (χ4v) is 2.32. The van der Waals surface area contributed by atoms with Gasteiger partial charge in [0.25, 0.3) is 5.91 Å². The number of carbonyl (C=O) groups excluding carboxylic acids is 1. The van der Waals surface area contributed by atoms with Crippen LogP contribution in [0.2, 0.25) is 0 Å². The maximum atomic E-state index is 13.1. The summed E-state index contributed by atoms with van der Waals surface area (Å²) in [4.78, 5) is 15.7. The van der Waals surface area contributed by atoms with E-state index in [1.165, 1.54) is 18.2 Å². The van der Waals surface area contributed by atoms with Crippen molar-refractivity contribution in [3.8, 4) is 0 Å². The number of hydrogen-bond acceptors (Lipinski definition) is 3. The van der Waals surface area contributed by atoms with Crippen LogP contribution in [0, 0.1) is 0 Å². The van der Waals surface area contributed by atoms with Gasteiger partial charge in [0.2, 0.25) is 5.82 Å². The van der Waals surface area contributed by atoms with Crippen LogP contribution in [0.15, 0.2) is 18.2 Å². The van der Waals surface area contributed by atoms with Gasteiger partial charge in [0.15, 0.2) is 0 Å². The Morgan fingerprint density at radius 1 is 1.35 bits per heavy atom. The van der Waals surface area contributed by atoms with Crippen molar-refractivity contribution in [2.24, 2.45) is 0 Å². The number of benzene rings is 1. The first-order valence-electron chi connectivity index (χ1n) is 7.16. The van der Waals surface area contributed by atoms with E-state index in [0.717, 1.165) is 4.57 Å². The van der Waals surface area contributed by atoms with Crippen molar-refractivity contribution in [2.75, 3.05) is 6.61 Å². The molecule has 126 valence electrons. The minimum atomic E-state index is -4.57. The molecular formula is C15H18F3N3O2. The second-order valence-corrected chi connectivity index (χ2v) is 5.66. The molecule has 2 aromatic rings. The zero-order valence-electron chi connectivity index (χ0n) is 13.0. The summed E-state index contributed by atoms with van der Waals surface area (Å²) in [6, 6.07) is 3.35. The number of nitrogens with one attached hydrogen (secondary N) is 1. The van der Waals surface area contributed by atoms with Gasteiger partial charge in [-0.1, -0.05) is 0 Å². The van der Waals surface area contributed by atoms with Gasteiger partial charge in [0, 0.05) is 17.6 Å². The Bertz CT molecular complexity index is 723. The van der Waals surface area contributed by atoms with Crippen molar-refractivity contribution < 1.29 is 23.1 Å². The predicted molar refractivity (Wildman–Crippen MR) is 79.1 cm³/mol. The number of imidazole rings is 1. The highest BCUT2D eigenvalue weighted by Gasteiger charge is 2.38. The monoisotopic (exact) mass is 329 g/mol. The molecule has 0 aliphatic carbocycles. The molecule has 0 bridgehead atoms. The van der Waals surface area contributed by atoms with Crippen LogP contribution in [0.25, 0.3) is 11.0 Å². The van der Waals surface area contributed by atoms with Crippen LogP contribution in [0.4, 0.5) is 13.2 Å². The van der Waals surface area contributed by atoms with E-state index in [1.807, 2.05) is 0 Å². The van der Waals surface area contributed by atoms with Gasteiger partial charge in [0.1, 0.15) is 0 Å². The number of hydrogen-bond donors (Lipinski definition) is 2. The topological polar surface area (TPSA) is 67.2 Å². The minimum Gasteiger partial charge on any atom is -0.394 e. The zero-order valence-corrected chi connectivity index (χ0v) is 13.0. The Morgan fingerprint density at radius 2 is 2.00 bits per heavy atom. The maximum Gasteiger partial charge on any atom is 0.449 e. The molecule has 1 amide bonds. The van der Waals surface area contributed by atoms with Crippen LogP contribution in [0.3, 0.4) is 0 Å². The summed E-state index contributed by atoms with van der Waals surface area (Å²) in [6.45, 7) is 4.67. The molecule has 1 heterocycles. The van der Waals surface area contributed by atoms with Crippen LogP contribution in [0.5, 0.6) is 0 Å². The first-order valence-corrected chi connectivity index (χ1v) is 7.16. The van der Waals surface area contributed by atoms with Gasteiger partial charge >= 0.3 is 6.18 Å². The second-order valence-electron chi connectivity index (χ2n) is 5.66. The van der Waals surface area contributed by atoms with Gasteiger partial charge in [-0.2, -0.15) is 13.2 Å². The van der Waals surface area contributed by atoms with Gasteiger partial charge in [-0.05, 0) is 39.0 Å². The fourth-order valence-electron chi connectivity index (χ4n) is 2.32. The van der Waals surface area contributed by atoms with Crippen LogP contribution in [0.1, 0.15) is 43.0 Å². The molecule has 0 saturated carbocycles. The third-order valence-corrected chi connectivity index (χ3v) is 3.37. The van der Waals surface area contributed by atoms with E-state index in [2.05, 4.69) is 10.3 Å². The largest absolute Gasteiger partial charge is 0.449 e. The van der Waals surface area contributed by atoms with Gasteiger partial charge in [-0.3, -0.25) is 4.79 Å². The Labute approximate surface area is 131 Å². The molecule has 1 aromatic carbocycles. The molecule has 0 fully saturated rings. The van der Waals surface area contributed by atoms with Gasteiger partial charge in [0.05, 0.1) is 17.6 Å². The van der Waals surface area contributed by atoms with Crippen LogP contribution in [-0.4, -0.2) is 33.2 Å². The number of aliphatic hydroxyl groups excluding tert-OH is 1. The molecule has 8 heteroatoms. The molecule has 0 aliphatic heterocycles. The predicted octanol–water partition coefficient (Wildman–Crippen LogP) is 2.75. The highest BCUT2D eigenvalue weighted by Crippen LogP contribution is 2.33. The lowest BCUT2D eigenvalue weighted by Gasteiger charge is -2.14. The quantitative estimate of drug-likeness (QED) is 0.906. The normalized spacial score (nSPS) is 13.6. The number of aliphatic hydroxyl groups is 1. The van der Waals surface area contributed by atoms with Crippen molar-refractivity contribution in [2.45, 2.75) is 39.0 Å². The number of alkyl halides is 3. The Kier molecular flexibility index (Phi) is 4.65. The van der Waals surface area contributed by atoms with E-state index in [-0.39, 0.29) is 17.7 Å². The molecule has 0 saturated heterocycles. The van der Waals surface area contributed by atoms with E-state index in [1.54, 1.807) is 20.8 Å². The second kappa shape index (κ2) is 6.19. The first kappa shape index (κ1) is 17.3. The summed E-state index contributed by atoms with van der Waals surface area (Å²) in [6.07, 6.45) is -4.57. The van der Waals surface area contributed by atoms with E-state index < -0.39 is 30.0 Å². The summed E-state index contributed by atoms with van der Waals surface area (Å²) in [7, 11) is 0. The lowest BCUT2D eigenvalue weighted by atomic mass is 10.1. The summed E-state index contributed by atoms with van der Waals surface area (Å²) in [5.74, 6) is -1.45. The summed E-state index contributed by atoms with van der Waals surface area (Å²) < 4.78 is 40.5. The number of rotatable bonds is 4. The summed E-state index contributed by atoms with van der Waals surface area (Å²) in [5.41, 5.74) is 0.620. The molecule has 23 heavy (non-hydrogen) atoms. The molecule has 0 spiro atoms. The molecule has 1 atom stereocenters. The number of carbonyl (C=O) groups is 1. The Morgan fingerprint density at radius 3 is 2.52 bits per heavy atom. The van der Waals surface area contributed by atoms with Gasteiger partial charge < -0.3 is 15.0 Å². The molecule has 0 aliphatic rings. The van der Waals surface area contributed by atoms with Crippen LogP contribution < -0.4 is 5.32 Å². The van der Waals surface area contributed by atoms with Crippen molar-refractivity contribution in [3.63, 3.8) is 0 Å². The molecule has 2 N–H and O–H groups in total. The van der Waals surface area contributed by atoms with Crippen LogP contribution in [-0.2, 0) is 6.18 Å². The highest BCUT2D eigenvalue weighted by molar-refractivity contribution is 5.97. The number of fused-ring (bicyclic) bond motifs is 1. The number of aromatic nitrogens is 2. The SMILES string of the molecule is CC(CO)NC(=O)c1ccc2c(c1)nc(C(F)(F)F)n2C(C)C. The number of amides is 1. The highest BCUT2D eigenvalue weighted by atomic mass is 19.4. The average Bonchev–Trinajstić information content (AvgIpc) is 2.85. The molecule has 5 nitrogen and oxygen atoms in total. The van der Waals surface area contributed by atoms with Crippen molar-refractivity contribution >= 4 is 16.9 Å². The van der Waals surface area contributed by atoms with Gasteiger partial charge in [-0.15, -0.1) is 0 Å². The summed E-state index contributed by atoms with van der Waals surface area (Å²) in [5, 5.41) is 11.5. The first-order chi connectivity index (χ1) is 10.6. The van der Waals surface area contributed by atoms with E-state index in [4.69, 9.17) is 5.11 Å². The lowest BCUT2D eigenvalue weighted by Crippen LogP contribution is -2.34. The molecule has 0 radical (unpaired) electrons. The van der Waals surface area contributed by atoms with Crippen molar-refractivity contribution in [1.29, 1.82) is 0 Å². The summed E-state index contributed by atoms with van der Waals surface area (Å²) >= 11 is 0. The number of nitrogens with zero attached hydrogens (tertiary/aromatic N) is 2. The Balaban J connectivity index is 2.51. The van der Waals surface area contributed by atoms with Crippen molar-refractivity contribution in [3.05, 3.63) is 29.6 Å². The third-order valence-electron chi connectivity index (χ3n) is 3.37. The van der Waals surface area contributed by atoms with Crippen molar-refractivity contribution in [1.82, 2.24) is 14.9 Å². The lowest BCUT2D eigenvalue weighted by molar-refractivity contribution is -0.147.